The number of ether oxygens (including phenoxy) is 1. The molecular weight excluding hydrogens is 443 g/mol. The quantitative estimate of drug-likeness (QED) is 0.263. The van der Waals surface area contributed by atoms with Crippen molar-refractivity contribution in [1.82, 2.24) is 10.2 Å². The van der Waals surface area contributed by atoms with E-state index in [1.807, 2.05) is 18.2 Å². The summed E-state index contributed by atoms with van der Waals surface area (Å²) in [5.41, 5.74) is 6.52. The van der Waals surface area contributed by atoms with Crippen molar-refractivity contribution in [1.29, 1.82) is 0 Å². The highest BCUT2D eigenvalue weighted by Crippen LogP contribution is 2.19. The van der Waals surface area contributed by atoms with Crippen molar-refractivity contribution < 1.29 is 9.53 Å². The van der Waals surface area contributed by atoms with Crippen LogP contribution in [0.3, 0.4) is 0 Å². The first-order valence-electron chi connectivity index (χ1n) is 9.12. The summed E-state index contributed by atoms with van der Waals surface area (Å²) in [7, 11) is 0. The molecule has 1 aliphatic heterocycles. The average molecular weight is 474 g/mol. The molecule has 3 N–H and O–H groups in total. The Labute approximate surface area is 173 Å². The Morgan fingerprint density at radius 2 is 2.15 bits per heavy atom. The number of piperidine rings is 1. The normalized spacial score (nSPS) is 17.5. The number of rotatable bonds is 8. The third-order valence-corrected chi connectivity index (χ3v) is 4.25. The van der Waals surface area contributed by atoms with Crippen molar-refractivity contribution in [3.8, 4) is 0 Å². The number of likely N-dealkylation sites (tertiary alicyclic amines) is 1. The minimum atomic E-state index is -0.219. The molecule has 1 unspecified atom stereocenters. The van der Waals surface area contributed by atoms with Crippen LogP contribution >= 0.6 is 24.0 Å². The van der Waals surface area contributed by atoms with Gasteiger partial charge in [-0.1, -0.05) is 30.3 Å². The number of amides is 1. The molecule has 0 aromatic heterocycles. The van der Waals surface area contributed by atoms with Crippen molar-refractivity contribution in [2.75, 3.05) is 32.8 Å². The lowest BCUT2D eigenvalue weighted by atomic mass is 9.95. The molecule has 1 aliphatic rings. The number of carbonyl (C=O) groups is 1. The molecule has 1 amide bonds. The van der Waals surface area contributed by atoms with E-state index in [0.29, 0.717) is 32.1 Å². The van der Waals surface area contributed by atoms with Gasteiger partial charge >= 0.3 is 0 Å². The second-order valence-electron chi connectivity index (χ2n) is 6.40. The van der Waals surface area contributed by atoms with E-state index in [4.69, 9.17) is 10.5 Å². The first-order valence-corrected chi connectivity index (χ1v) is 9.12. The molecule has 0 bridgehead atoms. The summed E-state index contributed by atoms with van der Waals surface area (Å²) in [6.45, 7) is 6.49. The van der Waals surface area contributed by atoms with Crippen LogP contribution in [0.25, 0.3) is 0 Å². The zero-order chi connectivity index (χ0) is 17.9. The van der Waals surface area contributed by atoms with E-state index >= 15 is 0 Å². The number of primary amides is 1. The van der Waals surface area contributed by atoms with Gasteiger partial charge in [0.2, 0.25) is 5.91 Å². The highest BCUT2D eigenvalue weighted by molar-refractivity contribution is 14.0. The van der Waals surface area contributed by atoms with Crippen LogP contribution in [0.15, 0.2) is 35.3 Å². The molecular formula is C19H31IN4O2. The molecule has 26 heavy (non-hydrogen) atoms. The van der Waals surface area contributed by atoms with Gasteiger partial charge in [-0.05, 0) is 31.2 Å². The van der Waals surface area contributed by atoms with Gasteiger partial charge in [0, 0.05) is 26.1 Å². The third-order valence-electron chi connectivity index (χ3n) is 4.25. The van der Waals surface area contributed by atoms with Crippen molar-refractivity contribution in [3.05, 3.63) is 35.9 Å². The van der Waals surface area contributed by atoms with Crippen LogP contribution in [-0.4, -0.2) is 49.6 Å². The fraction of sp³-hybridized carbons (Fsp3) is 0.579. The number of carbonyl (C=O) groups excluding carboxylic acids is 1. The Morgan fingerprint density at radius 1 is 1.38 bits per heavy atom. The number of benzene rings is 1. The first kappa shape index (κ1) is 22.7. The number of halogens is 1. The van der Waals surface area contributed by atoms with Gasteiger partial charge in [-0.25, -0.2) is 0 Å². The maximum atomic E-state index is 11.2. The predicted molar refractivity (Wildman–Crippen MR) is 116 cm³/mol. The van der Waals surface area contributed by atoms with Crippen LogP contribution in [0.1, 0.15) is 31.7 Å². The molecule has 7 heteroatoms. The van der Waals surface area contributed by atoms with Crippen molar-refractivity contribution in [2.45, 2.75) is 32.8 Å². The van der Waals surface area contributed by atoms with Gasteiger partial charge in [-0.3, -0.25) is 9.79 Å². The monoisotopic (exact) mass is 474 g/mol. The Kier molecular flexibility index (Phi) is 11.3. The van der Waals surface area contributed by atoms with E-state index in [1.165, 1.54) is 5.56 Å². The highest BCUT2D eigenvalue weighted by Gasteiger charge is 2.23. The summed E-state index contributed by atoms with van der Waals surface area (Å²) in [6.07, 6.45) is 2.57. The predicted octanol–water partition coefficient (Wildman–Crippen LogP) is 2.37. The van der Waals surface area contributed by atoms with Crippen LogP contribution in [0.2, 0.25) is 0 Å². The Hall–Kier alpha value is -1.35. The maximum Gasteiger partial charge on any atom is 0.217 e. The van der Waals surface area contributed by atoms with Gasteiger partial charge in [0.15, 0.2) is 5.96 Å². The minimum Gasteiger partial charge on any atom is -0.375 e. The van der Waals surface area contributed by atoms with E-state index < -0.39 is 0 Å². The molecule has 1 saturated heterocycles. The van der Waals surface area contributed by atoms with E-state index in [-0.39, 0.29) is 29.9 Å². The van der Waals surface area contributed by atoms with Crippen molar-refractivity contribution in [2.24, 2.45) is 16.6 Å². The van der Waals surface area contributed by atoms with Crippen molar-refractivity contribution >= 4 is 35.8 Å². The number of nitrogens with one attached hydrogen (secondary N) is 1. The van der Waals surface area contributed by atoms with Crippen LogP contribution in [0, 0.1) is 5.92 Å². The Balaban J connectivity index is 0.00000338. The fourth-order valence-electron chi connectivity index (χ4n) is 3.11. The summed E-state index contributed by atoms with van der Waals surface area (Å²) >= 11 is 0. The molecule has 2 rings (SSSR count). The molecule has 0 spiro atoms. The molecule has 0 aliphatic carbocycles. The molecule has 1 fully saturated rings. The lowest BCUT2D eigenvalue weighted by molar-refractivity contribution is -0.119. The Morgan fingerprint density at radius 3 is 2.85 bits per heavy atom. The number of nitrogens with zero attached hydrogens (tertiary/aromatic N) is 2. The summed E-state index contributed by atoms with van der Waals surface area (Å²) in [4.78, 5) is 18.1. The molecule has 0 radical (unpaired) electrons. The molecule has 1 heterocycles. The maximum absolute atomic E-state index is 11.2. The lowest BCUT2D eigenvalue weighted by Crippen LogP contribution is -2.47. The van der Waals surface area contributed by atoms with E-state index in [1.54, 1.807) is 0 Å². The van der Waals surface area contributed by atoms with Gasteiger partial charge in [0.1, 0.15) is 0 Å². The average Bonchev–Trinajstić information content (AvgIpc) is 2.61. The smallest absolute Gasteiger partial charge is 0.217 e. The van der Waals surface area contributed by atoms with Gasteiger partial charge in [-0.2, -0.15) is 0 Å². The third kappa shape index (κ3) is 8.35. The summed E-state index contributed by atoms with van der Waals surface area (Å²) in [5.74, 6) is 1.01. The highest BCUT2D eigenvalue weighted by atomic mass is 127. The van der Waals surface area contributed by atoms with Gasteiger partial charge < -0.3 is 20.7 Å². The second-order valence-corrected chi connectivity index (χ2v) is 6.40. The zero-order valence-corrected chi connectivity index (χ0v) is 17.9. The van der Waals surface area contributed by atoms with Crippen LogP contribution < -0.4 is 11.1 Å². The first-order chi connectivity index (χ1) is 12.2. The fourth-order valence-corrected chi connectivity index (χ4v) is 3.11. The zero-order valence-electron chi connectivity index (χ0n) is 15.5. The summed E-state index contributed by atoms with van der Waals surface area (Å²) in [6, 6.07) is 10.1. The molecule has 1 aromatic rings. The summed E-state index contributed by atoms with van der Waals surface area (Å²) < 4.78 is 5.69. The molecule has 1 atom stereocenters. The number of nitrogens with two attached hydrogens (primary N) is 1. The molecule has 0 saturated carbocycles. The van der Waals surface area contributed by atoms with E-state index in [2.05, 4.69) is 34.3 Å². The van der Waals surface area contributed by atoms with Crippen molar-refractivity contribution in [3.63, 3.8) is 0 Å². The van der Waals surface area contributed by atoms with E-state index in [9.17, 15) is 4.79 Å². The van der Waals surface area contributed by atoms with Gasteiger partial charge in [0.05, 0.1) is 19.8 Å². The molecule has 1 aromatic carbocycles. The lowest BCUT2D eigenvalue weighted by Gasteiger charge is -2.34. The standard InChI is InChI=1S/C19H30N4O2.HI/c1-2-21-19(23-11-6-9-17(14-23)13-18(20)24)22-10-12-25-15-16-7-4-3-5-8-16;/h3-5,7-8,17H,2,6,9-15H2,1H3,(H2,20,24)(H,21,22);1H. The number of guanidine groups is 1. The molecule has 6 nitrogen and oxygen atoms in total. The van der Waals surface area contributed by atoms with Gasteiger partial charge in [0.25, 0.3) is 0 Å². The van der Waals surface area contributed by atoms with Crippen LogP contribution in [0.5, 0.6) is 0 Å². The largest absolute Gasteiger partial charge is 0.375 e. The van der Waals surface area contributed by atoms with Gasteiger partial charge in [-0.15, -0.1) is 24.0 Å². The number of hydrogen-bond acceptors (Lipinski definition) is 3. The topological polar surface area (TPSA) is 80.0 Å². The van der Waals surface area contributed by atoms with Crippen LogP contribution in [0.4, 0.5) is 0 Å². The SMILES string of the molecule is CCNC(=NCCOCc1ccccc1)N1CCCC(CC(N)=O)C1.I. The molecule has 146 valence electrons. The summed E-state index contributed by atoms with van der Waals surface area (Å²) in [5, 5.41) is 3.34. The van der Waals surface area contributed by atoms with Crippen LogP contribution in [-0.2, 0) is 16.1 Å². The number of aliphatic imine (C=N–C) groups is 1. The second kappa shape index (κ2) is 12.9. The van der Waals surface area contributed by atoms with E-state index in [0.717, 1.165) is 38.4 Å². The Bertz CT molecular complexity index is 554. The minimum absolute atomic E-state index is 0. The number of hydrogen-bond donors (Lipinski definition) is 2.